The van der Waals surface area contributed by atoms with Gasteiger partial charge in [-0.15, -0.1) is 0 Å². The molecule has 1 heterocycles. The third kappa shape index (κ3) is 4.23. The molecular formula is C16H24N2O2. The summed E-state index contributed by atoms with van der Waals surface area (Å²) in [5, 5.41) is 6.25. The molecule has 0 bridgehead atoms. The van der Waals surface area contributed by atoms with Crippen molar-refractivity contribution in [2.24, 2.45) is 5.92 Å². The predicted molar refractivity (Wildman–Crippen MR) is 81.0 cm³/mol. The summed E-state index contributed by atoms with van der Waals surface area (Å²) in [7, 11) is 0. The molecular weight excluding hydrogens is 252 g/mol. The minimum Gasteiger partial charge on any atom is -0.491 e. The Morgan fingerprint density at radius 3 is 3.10 bits per heavy atom. The third-order valence-corrected chi connectivity index (χ3v) is 3.68. The van der Waals surface area contributed by atoms with Gasteiger partial charge in [0.25, 0.3) is 0 Å². The quantitative estimate of drug-likeness (QED) is 0.869. The zero-order valence-corrected chi connectivity index (χ0v) is 12.3. The van der Waals surface area contributed by atoms with Gasteiger partial charge in [-0.25, -0.2) is 0 Å². The lowest BCUT2D eigenvalue weighted by Crippen LogP contribution is -2.37. The molecule has 110 valence electrons. The van der Waals surface area contributed by atoms with Gasteiger partial charge in [-0.3, -0.25) is 4.79 Å². The summed E-state index contributed by atoms with van der Waals surface area (Å²) in [5.41, 5.74) is 0.807. The molecule has 1 saturated heterocycles. The maximum Gasteiger partial charge on any atom is 0.228 e. The number of nitrogens with one attached hydrogen (secondary N) is 2. The maximum absolute atomic E-state index is 12.2. The van der Waals surface area contributed by atoms with Crippen LogP contribution in [0.2, 0.25) is 0 Å². The molecule has 0 saturated carbocycles. The Morgan fingerprint density at radius 1 is 1.55 bits per heavy atom. The van der Waals surface area contributed by atoms with Crippen LogP contribution in [0.15, 0.2) is 24.3 Å². The lowest BCUT2D eigenvalue weighted by molar-refractivity contribution is -0.120. The van der Waals surface area contributed by atoms with E-state index in [1.807, 2.05) is 31.2 Å². The van der Waals surface area contributed by atoms with Crippen LogP contribution in [0.4, 0.5) is 5.69 Å². The van der Waals surface area contributed by atoms with Crippen LogP contribution >= 0.6 is 0 Å². The van der Waals surface area contributed by atoms with Gasteiger partial charge in [-0.2, -0.15) is 0 Å². The van der Waals surface area contributed by atoms with Crippen LogP contribution in [-0.4, -0.2) is 25.1 Å². The Kier molecular flexibility index (Phi) is 5.41. The Bertz CT molecular complexity index is 442. The van der Waals surface area contributed by atoms with Crippen molar-refractivity contribution in [1.82, 2.24) is 5.32 Å². The third-order valence-electron chi connectivity index (χ3n) is 3.68. The number of ether oxygens (including phenoxy) is 1. The highest BCUT2D eigenvalue weighted by Crippen LogP contribution is 2.20. The fraction of sp³-hybridized carbons (Fsp3) is 0.562. The molecule has 0 aliphatic carbocycles. The molecule has 0 spiro atoms. The monoisotopic (exact) mass is 276 g/mol. The SMILES string of the molecule is CCC(C)Oc1cccc(NC(=O)[C@@H]2CCCNC2)c1. The summed E-state index contributed by atoms with van der Waals surface area (Å²) in [5.74, 6) is 0.972. The van der Waals surface area contributed by atoms with Crippen molar-refractivity contribution in [3.63, 3.8) is 0 Å². The van der Waals surface area contributed by atoms with Gasteiger partial charge < -0.3 is 15.4 Å². The first-order valence-electron chi connectivity index (χ1n) is 7.47. The van der Waals surface area contributed by atoms with Crippen LogP contribution in [0.1, 0.15) is 33.1 Å². The van der Waals surface area contributed by atoms with Crippen molar-refractivity contribution in [1.29, 1.82) is 0 Å². The minimum atomic E-state index is 0.0721. The second kappa shape index (κ2) is 7.29. The number of anilines is 1. The predicted octanol–water partition coefficient (Wildman–Crippen LogP) is 2.80. The lowest BCUT2D eigenvalue weighted by atomic mass is 9.99. The maximum atomic E-state index is 12.2. The van der Waals surface area contributed by atoms with E-state index in [1.165, 1.54) is 0 Å². The number of piperidine rings is 1. The van der Waals surface area contributed by atoms with Crippen molar-refractivity contribution in [3.05, 3.63) is 24.3 Å². The van der Waals surface area contributed by atoms with Crippen LogP contribution in [0.3, 0.4) is 0 Å². The van der Waals surface area contributed by atoms with Gasteiger partial charge in [0.2, 0.25) is 5.91 Å². The van der Waals surface area contributed by atoms with Crippen LogP contribution in [0.25, 0.3) is 0 Å². The second-order valence-corrected chi connectivity index (χ2v) is 5.40. The number of rotatable bonds is 5. The highest BCUT2D eigenvalue weighted by molar-refractivity contribution is 5.92. The molecule has 2 N–H and O–H groups in total. The number of amides is 1. The Morgan fingerprint density at radius 2 is 2.40 bits per heavy atom. The lowest BCUT2D eigenvalue weighted by Gasteiger charge is -2.22. The molecule has 1 unspecified atom stereocenters. The van der Waals surface area contributed by atoms with Crippen molar-refractivity contribution in [2.45, 2.75) is 39.2 Å². The summed E-state index contributed by atoms with van der Waals surface area (Å²) < 4.78 is 5.77. The van der Waals surface area contributed by atoms with E-state index in [-0.39, 0.29) is 17.9 Å². The van der Waals surface area contributed by atoms with Gasteiger partial charge in [0.15, 0.2) is 0 Å². The fourth-order valence-corrected chi connectivity index (χ4v) is 2.28. The molecule has 1 amide bonds. The molecule has 2 atom stereocenters. The smallest absolute Gasteiger partial charge is 0.228 e. The molecule has 20 heavy (non-hydrogen) atoms. The van der Waals surface area contributed by atoms with E-state index in [0.717, 1.165) is 43.8 Å². The standard InChI is InChI=1S/C16H24N2O2/c1-3-12(2)20-15-8-4-7-14(10-15)18-16(19)13-6-5-9-17-11-13/h4,7-8,10,12-13,17H,3,5-6,9,11H2,1-2H3,(H,18,19)/t12?,13-/m1/s1. The first kappa shape index (κ1) is 14.9. The topological polar surface area (TPSA) is 50.4 Å². The molecule has 2 rings (SSSR count). The van der Waals surface area contributed by atoms with Gasteiger partial charge in [-0.1, -0.05) is 13.0 Å². The minimum absolute atomic E-state index is 0.0721. The summed E-state index contributed by atoms with van der Waals surface area (Å²) in [4.78, 5) is 12.2. The summed E-state index contributed by atoms with van der Waals surface area (Å²) >= 11 is 0. The van der Waals surface area contributed by atoms with Crippen molar-refractivity contribution in [3.8, 4) is 5.75 Å². The van der Waals surface area contributed by atoms with Gasteiger partial charge in [-0.05, 0) is 44.9 Å². The highest BCUT2D eigenvalue weighted by atomic mass is 16.5. The van der Waals surface area contributed by atoms with E-state index >= 15 is 0 Å². The molecule has 0 radical (unpaired) electrons. The fourth-order valence-electron chi connectivity index (χ4n) is 2.28. The molecule has 4 nitrogen and oxygen atoms in total. The molecule has 1 aliphatic rings. The number of benzene rings is 1. The Hall–Kier alpha value is -1.55. The van der Waals surface area contributed by atoms with E-state index in [4.69, 9.17) is 4.74 Å². The molecule has 1 aliphatic heterocycles. The molecule has 0 aromatic heterocycles. The number of hydrogen-bond acceptors (Lipinski definition) is 3. The van der Waals surface area contributed by atoms with Crippen LogP contribution in [0, 0.1) is 5.92 Å². The van der Waals surface area contributed by atoms with E-state index in [2.05, 4.69) is 17.6 Å². The van der Waals surface area contributed by atoms with Crippen LogP contribution in [0.5, 0.6) is 5.75 Å². The molecule has 4 heteroatoms. The first-order valence-corrected chi connectivity index (χ1v) is 7.47. The number of hydrogen-bond donors (Lipinski definition) is 2. The summed E-state index contributed by atoms with van der Waals surface area (Å²) in [6.45, 7) is 5.92. The van der Waals surface area contributed by atoms with Crippen molar-refractivity contribution >= 4 is 11.6 Å². The first-order chi connectivity index (χ1) is 9.69. The second-order valence-electron chi connectivity index (χ2n) is 5.40. The molecule has 1 aromatic rings. The van der Waals surface area contributed by atoms with Gasteiger partial charge >= 0.3 is 0 Å². The van der Waals surface area contributed by atoms with E-state index in [0.29, 0.717) is 0 Å². The van der Waals surface area contributed by atoms with Crippen molar-refractivity contribution < 1.29 is 9.53 Å². The van der Waals surface area contributed by atoms with E-state index in [9.17, 15) is 4.79 Å². The molecule has 1 fully saturated rings. The van der Waals surface area contributed by atoms with Crippen LogP contribution < -0.4 is 15.4 Å². The Balaban J connectivity index is 1.94. The number of carbonyl (C=O) groups excluding carboxylic acids is 1. The largest absolute Gasteiger partial charge is 0.491 e. The highest BCUT2D eigenvalue weighted by Gasteiger charge is 2.20. The van der Waals surface area contributed by atoms with Crippen molar-refractivity contribution in [2.75, 3.05) is 18.4 Å². The normalized spacial score (nSPS) is 20.2. The van der Waals surface area contributed by atoms with E-state index < -0.39 is 0 Å². The Labute approximate surface area is 120 Å². The average Bonchev–Trinajstić information content (AvgIpc) is 2.48. The summed E-state index contributed by atoms with van der Waals surface area (Å²) in [6, 6.07) is 7.62. The average molecular weight is 276 g/mol. The zero-order valence-electron chi connectivity index (χ0n) is 12.3. The van der Waals surface area contributed by atoms with E-state index in [1.54, 1.807) is 0 Å². The summed E-state index contributed by atoms with van der Waals surface area (Å²) in [6.07, 6.45) is 3.17. The number of carbonyl (C=O) groups is 1. The molecule has 1 aromatic carbocycles. The van der Waals surface area contributed by atoms with Crippen LogP contribution in [-0.2, 0) is 4.79 Å². The van der Waals surface area contributed by atoms with Gasteiger partial charge in [0, 0.05) is 18.3 Å². The van der Waals surface area contributed by atoms with Gasteiger partial charge in [0.1, 0.15) is 5.75 Å². The zero-order chi connectivity index (χ0) is 14.4. The van der Waals surface area contributed by atoms with Gasteiger partial charge in [0.05, 0.1) is 12.0 Å².